The van der Waals surface area contributed by atoms with E-state index in [-0.39, 0.29) is 21.0 Å². The van der Waals surface area contributed by atoms with Gasteiger partial charge in [0, 0.05) is 9.15 Å². The SMILES string of the molecule is C.C.C=COC(C)CF.FF. The third-order valence-corrected chi connectivity index (χ3v) is 0.546. The topological polar surface area (TPSA) is 9.23 Å². The minimum atomic E-state index is -0.452. The number of alkyl halides is 1. The highest BCUT2D eigenvalue weighted by atomic mass is 20.0. The summed E-state index contributed by atoms with van der Waals surface area (Å²) in [6.07, 6.45) is 0.905. The predicted molar refractivity (Wildman–Crippen MR) is 42.4 cm³/mol. The molecule has 0 aliphatic carbocycles. The minimum Gasteiger partial charge on any atom is -0.496 e. The summed E-state index contributed by atoms with van der Waals surface area (Å²) in [5, 5.41) is 0. The Hall–Kier alpha value is -0.670. The second kappa shape index (κ2) is 22.8. The lowest BCUT2D eigenvalue weighted by Gasteiger charge is -2.02. The van der Waals surface area contributed by atoms with Crippen LogP contribution in [0.25, 0.3) is 0 Å². The molecule has 0 rings (SSSR count). The van der Waals surface area contributed by atoms with Gasteiger partial charge < -0.3 is 4.74 Å². The smallest absolute Gasteiger partial charge is 0.126 e. The molecule has 0 spiro atoms. The molecular formula is C7H17F3O. The second-order valence-electron chi connectivity index (χ2n) is 1.27. The van der Waals surface area contributed by atoms with E-state index >= 15 is 0 Å². The molecule has 0 aromatic heterocycles. The highest BCUT2D eigenvalue weighted by Gasteiger charge is 1.93. The van der Waals surface area contributed by atoms with Crippen LogP contribution in [0.2, 0.25) is 0 Å². The molecule has 0 N–H and O–H groups in total. The van der Waals surface area contributed by atoms with Crippen LogP contribution in [0.4, 0.5) is 13.5 Å². The van der Waals surface area contributed by atoms with Crippen molar-refractivity contribution in [3.8, 4) is 0 Å². The van der Waals surface area contributed by atoms with Gasteiger partial charge >= 0.3 is 0 Å². The van der Waals surface area contributed by atoms with Gasteiger partial charge in [-0.1, -0.05) is 21.4 Å². The number of hydrogen-bond donors (Lipinski definition) is 0. The fourth-order valence-corrected chi connectivity index (χ4v) is 0.201. The van der Waals surface area contributed by atoms with Crippen molar-refractivity contribution < 1.29 is 18.3 Å². The quantitative estimate of drug-likeness (QED) is 0.594. The summed E-state index contributed by atoms with van der Waals surface area (Å²) in [7, 11) is 0. The van der Waals surface area contributed by atoms with Crippen molar-refractivity contribution in [1.82, 2.24) is 0 Å². The van der Waals surface area contributed by atoms with Gasteiger partial charge in [-0.15, -0.1) is 0 Å². The summed E-state index contributed by atoms with van der Waals surface area (Å²) >= 11 is 0. The fraction of sp³-hybridized carbons (Fsp3) is 0.714. The number of rotatable bonds is 3. The molecule has 4 heteroatoms. The molecule has 1 atom stereocenters. The second-order valence-corrected chi connectivity index (χ2v) is 1.27. The average molecular weight is 174 g/mol. The minimum absolute atomic E-state index is 0. The molecule has 0 heterocycles. The molecule has 11 heavy (non-hydrogen) atoms. The molecule has 0 aromatic carbocycles. The van der Waals surface area contributed by atoms with Gasteiger partial charge in [-0.2, -0.15) is 0 Å². The van der Waals surface area contributed by atoms with Gasteiger partial charge in [0.25, 0.3) is 0 Å². The van der Waals surface area contributed by atoms with E-state index in [9.17, 15) is 4.39 Å². The summed E-state index contributed by atoms with van der Waals surface area (Å²) < 4.78 is 32.0. The van der Waals surface area contributed by atoms with E-state index in [2.05, 4.69) is 11.3 Å². The van der Waals surface area contributed by atoms with E-state index in [1.807, 2.05) is 0 Å². The summed E-state index contributed by atoms with van der Waals surface area (Å²) in [5.41, 5.74) is 0. The number of ether oxygens (including phenoxy) is 1. The summed E-state index contributed by atoms with van der Waals surface area (Å²) in [6.45, 7) is 4.45. The van der Waals surface area contributed by atoms with Gasteiger partial charge in [-0.3, -0.25) is 0 Å². The van der Waals surface area contributed by atoms with Crippen LogP contribution >= 0.6 is 0 Å². The van der Waals surface area contributed by atoms with E-state index < -0.39 is 6.67 Å². The maximum Gasteiger partial charge on any atom is 0.126 e. The Bertz CT molecular complexity index is 59.6. The maximum absolute atomic E-state index is 11.4. The first kappa shape index (κ1) is 22.4. The van der Waals surface area contributed by atoms with E-state index in [1.165, 1.54) is 6.26 Å². The average Bonchev–Trinajstić information content (AvgIpc) is 1.93. The van der Waals surface area contributed by atoms with E-state index in [0.717, 1.165) is 0 Å². The highest BCUT2D eigenvalue weighted by Crippen LogP contribution is 1.88. The fourth-order valence-electron chi connectivity index (χ4n) is 0.201. The van der Waals surface area contributed by atoms with Gasteiger partial charge in [0.15, 0.2) is 0 Å². The molecular weight excluding hydrogens is 157 g/mol. The van der Waals surface area contributed by atoms with Gasteiger partial charge in [0.2, 0.25) is 0 Å². The van der Waals surface area contributed by atoms with E-state index in [0.29, 0.717) is 0 Å². The lowest BCUT2D eigenvalue weighted by molar-refractivity contribution is 0.108. The van der Waals surface area contributed by atoms with Crippen molar-refractivity contribution in [1.29, 1.82) is 0 Å². The van der Waals surface area contributed by atoms with E-state index in [4.69, 9.17) is 9.15 Å². The molecule has 0 saturated heterocycles. The Labute approximate surface area is 66.7 Å². The molecule has 0 amide bonds. The first-order valence-corrected chi connectivity index (χ1v) is 2.28. The van der Waals surface area contributed by atoms with Crippen LogP contribution < -0.4 is 0 Å². The molecule has 72 valence electrons. The van der Waals surface area contributed by atoms with E-state index in [1.54, 1.807) is 6.92 Å². The van der Waals surface area contributed by atoms with Crippen LogP contribution in [-0.2, 0) is 4.74 Å². The maximum atomic E-state index is 11.4. The largest absolute Gasteiger partial charge is 0.496 e. The first-order chi connectivity index (χ1) is 4.31. The van der Waals surface area contributed by atoms with Crippen LogP contribution in [0.15, 0.2) is 12.8 Å². The Morgan fingerprint density at radius 3 is 1.91 bits per heavy atom. The van der Waals surface area contributed by atoms with Crippen molar-refractivity contribution in [2.24, 2.45) is 0 Å². The van der Waals surface area contributed by atoms with Crippen molar-refractivity contribution >= 4 is 0 Å². The van der Waals surface area contributed by atoms with Crippen LogP contribution in [0, 0.1) is 0 Å². The normalized spacial score (nSPS) is 8.73. The zero-order valence-corrected chi connectivity index (χ0v) is 5.11. The van der Waals surface area contributed by atoms with Crippen LogP contribution in [0.3, 0.4) is 0 Å². The van der Waals surface area contributed by atoms with Crippen LogP contribution in [-0.4, -0.2) is 12.8 Å². The molecule has 0 saturated carbocycles. The Morgan fingerprint density at radius 2 is 1.82 bits per heavy atom. The van der Waals surface area contributed by atoms with Crippen LogP contribution in [0.1, 0.15) is 21.8 Å². The molecule has 0 aliphatic rings. The summed E-state index contributed by atoms with van der Waals surface area (Å²) in [5.74, 6) is 0. The summed E-state index contributed by atoms with van der Waals surface area (Å²) in [6, 6.07) is 0. The molecule has 0 aromatic rings. The number of halogens is 3. The Kier molecular flexibility index (Phi) is 46.5. The van der Waals surface area contributed by atoms with Crippen molar-refractivity contribution in [2.75, 3.05) is 6.67 Å². The van der Waals surface area contributed by atoms with Crippen molar-refractivity contribution in [3.63, 3.8) is 0 Å². The standard InChI is InChI=1S/C5H9FO.2CH4.F2/c1-3-7-5(2)4-6;;;1-2/h3,5H,1,4H2,2H3;2*1H4;. The van der Waals surface area contributed by atoms with Gasteiger partial charge in [-0.25, -0.2) is 4.39 Å². The van der Waals surface area contributed by atoms with Gasteiger partial charge in [-0.05, 0) is 6.92 Å². The lowest BCUT2D eigenvalue weighted by atomic mass is 10.5. The molecule has 0 fully saturated rings. The van der Waals surface area contributed by atoms with Crippen LogP contribution in [0.5, 0.6) is 0 Å². The van der Waals surface area contributed by atoms with Crippen molar-refractivity contribution in [3.05, 3.63) is 12.8 Å². The zero-order valence-electron chi connectivity index (χ0n) is 5.11. The molecule has 0 radical (unpaired) electrons. The predicted octanol–water partition coefficient (Wildman–Crippen LogP) is 3.62. The first-order valence-electron chi connectivity index (χ1n) is 2.28. The molecule has 1 nitrogen and oxygen atoms in total. The van der Waals surface area contributed by atoms with Crippen molar-refractivity contribution in [2.45, 2.75) is 27.9 Å². The molecule has 1 unspecified atom stereocenters. The molecule has 0 bridgehead atoms. The zero-order chi connectivity index (χ0) is 7.70. The molecule has 0 aliphatic heterocycles. The summed E-state index contributed by atoms with van der Waals surface area (Å²) in [4.78, 5) is 0. The Balaban J connectivity index is -0.0000000564. The highest BCUT2D eigenvalue weighted by molar-refractivity contribution is 4.54. The number of hydrogen-bond acceptors (Lipinski definition) is 1. The monoisotopic (exact) mass is 174 g/mol. The third kappa shape index (κ3) is 26.7. The Morgan fingerprint density at radius 1 is 1.45 bits per heavy atom. The third-order valence-electron chi connectivity index (χ3n) is 0.546. The lowest BCUT2D eigenvalue weighted by Crippen LogP contribution is -2.04. The van der Waals surface area contributed by atoms with Gasteiger partial charge in [0.05, 0.1) is 6.26 Å². The van der Waals surface area contributed by atoms with Gasteiger partial charge in [0.1, 0.15) is 12.8 Å².